The fourth-order valence-electron chi connectivity index (χ4n) is 2.22. The number of anilines is 1. The van der Waals surface area contributed by atoms with E-state index in [1.54, 1.807) is 18.2 Å². The number of rotatable bonds is 2. The van der Waals surface area contributed by atoms with Gasteiger partial charge in [-0.05, 0) is 55.0 Å². The predicted octanol–water partition coefficient (Wildman–Crippen LogP) is 2.12. The van der Waals surface area contributed by atoms with Crippen LogP contribution in [0.15, 0.2) is 42.5 Å². The van der Waals surface area contributed by atoms with Crippen LogP contribution in [0.2, 0.25) is 0 Å². The molecule has 1 aliphatic rings. The Morgan fingerprint density at radius 1 is 1.22 bits per heavy atom. The van der Waals surface area contributed by atoms with E-state index in [0.717, 1.165) is 5.56 Å². The first-order chi connectivity index (χ1) is 11.0. The summed E-state index contributed by atoms with van der Waals surface area (Å²) in [7, 11) is 0. The van der Waals surface area contributed by atoms with Crippen LogP contribution in [-0.4, -0.2) is 17.8 Å². The lowest BCUT2D eigenvalue weighted by Crippen LogP contribution is -2.49. The monoisotopic (exact) mass is 329 g/mol. The molecule has 7 heteroatoms. The highest BCUT2D eigenvalue weighted by Crippen LogP contribution is 2.32. The number of ether oxygens (including phenoxy) is 2. The summed E-state index contributed by atoms with van der Waals surface area (Å²) in [6, 6.07) is 12.5. The molecule has 3 N–H and O–H groups in total. The van der Waals surface area contributed by atoms with Crippen molar-refractivity contribution in [1.29, 1.82) is 0 Å². The van der Waals surface area contributed by atoms with E-state index in [4.69, 9.17) is 27.4 Å². The second kappa shape index (κ2) is 6.13. The lowest BCUT2D eigenvalue weighted by molar-refractivity contribution is 0.0954. The van der Waals surface area contributed by atoms with Crippen molar-refractivity contribution >= 4 is 28.9 Å². The van der Waals surface area contributed by atoms with Gasteiger partial charge >= 0.3 is 0 Å². The van der Waals surface area contributed by atoms with E-state index in [-0.39, 0.29) is 17.8 Å². The number of hydrogen-bond donors (Lipinski definition) is 2. The van der Waals surface area contributed by atoms with Crippen molar-refractivity contribution in [2.75, 3.05) is 11.8 Å². The van der Waals surface area contributed by atoms with Crippen LogP contribution < -0.4 is 25.6 Å². The number of nitrogens with zero attached hydrogens (tertiary/aromatic N) is 1. The Labute approximate surface area is 138 Å². The molecule has 0 saturated heterocycles. The van der Waals surface area contributed by atoms with Crippen LogP contribution in [0.4, 0.5) is 5.69 Å². The molecule has 1 aliphatic heterocycles. The predicted molar refractivity (Wildman–Crippen MR) is 90.5 cm³/mol. The van der Waals surface area contributed by atoms with E-state index in [9.17, 15) is 4.79 Å². The van der Waals surface area contributed by atoms with E-state index < -0.39 is 0 Å². The maximum absolute atomic E-state index is 12.5. The van der Waals surface area contributed by atoms with Gasteiger partial charge in [0.1, 0.15) is 0 Å². The van der Waals surface area contributed by atoms with Crippen LogP contribution in [-0.2, 0) is 0 Å². The lowest BCUT2D eigenvalue weighted by Gasteiger charge is -2.23. The maximum atomic E-state index is 12.5. The fraction of sp³-hybridized carbons (Fsp3) is 0.125. The van der Waals surface area contributed by atoms with E-state index in [0.29, 0.717) is 22.7 Å². The van der Waals surface area contributed by atoms with Gasteiger partial charge in [0.05, 0.1) is 5.69 Å². The average molecular weight is 329 g/mol. The molecular weight excluding hydrogens is 314 g/mol. The quantitative estimate of drug-likeness (QED) is 0.649. The van der Waals surface area contributed by atoms with E-state index in [1.807, 2.05) is 31.2 Å². The zero-order chi connectivity index (χ0) is 16.4. The summed E-state index contributed by atoms with van der Waals surface area (Å²) in [6.07, 6.45) is 0. The van der Waals surface area contributed by atoms with Gasteiger partial charge in [-0.25, -0.2) is 5.01 Å². The number of hydrogen-bond acceptors (Lipinski definition) is 4. The van der Waals surface area contributed by atoms with Crippen LogP contribution in [0.1, 0.15) is 15.9 Å². The Kier molecular flexibility index (Phi) is 4.03. The molecule has 1 heterocycles. The van der Waals surface area contributed by atoms with E-state index in [2.05, 4.69) is 5.43 Å². The van der Waals surface area contributed by atoms with Crippen molar-refractivity contribution in [3.63, 3.8) is 0 Å². The number of thiocarbonyl (C=S) groups is 1. The Balaban J connectivity index is 1.83. The molecule has 0 aromatic heterocycles. The average Bonchev–Trinajstić information content (AvgIpc) is 2.99. The van der Waals surface area contributed by atoms with Crippen LogP contribution in [0, 0.1) is 6.92 Å². The largest absolute Gasteiger partial charge is 0.454 e. The van der Waals surface area contributed by atoms with Gasteiger partial charge in [0.25, 0.3) is 5.91 Å². The molecule has 2 aromatic rings. The molecule has 0 unspecified atom stereocenters. The van der Waals surface area contributed by atoms with Crippen molar-refractivity contribution in [3.05, 3.63) is 53.6 Å². The first-order valence-corrected chi connectivity index (χ1v) is 7.32. The zero-order valence-electron chi connectivity index (χ0n) is 12.4. The number of fused-ring (bicyclic) bond motifs is 1. The molecule has 23 heavy (non-hydrogen) atoms. The van der Waals surface area contributed by atoms with Crippen molar-refractivity contribution in [2.45, 2.75) is 6.92 Å². The third-order valence-electron chi connectivity index (χ3n) is 3.33. The highest BCUT2D eigenvalue weighted by molar-refractivity contribution is 7.80. The molecule has 0 saturated carbocycles. The van der Waals surface area contributed by atoms with Gasteiger partial charge in [0.15, 0.2) is 16.6 Å². The summed E-state index contributed by atoms with van der Waals surface area (Å²) in [6.45, 7) is 2.10. The van der Waals surface area contributed by atoms with Gasteiger partial charge in [-0.15, -0.1) is 0 Å². The number of carbonyl (C=O) groups excluding carboxylic acids is 1. The van der Waals surface area contributed by atoms with Crippen LogP contribution in [0.25, 0.3) is 0 Å². The van der Waals surface area contributed by atoms with Gasteiger partial charge in [-0.1, -0.05) is 12.1 Å². The molecule has 0 aliphatic carbocycles. The molecule has 6 nitrogen and oxygen atoms in total. The van der Waals surface area contributed by atoms with Crippen LogP contribution >= 0.6 is 12.2 Å². The second-order valence-electron chi connectivity index (χ2n) is 5.02. The van der Waals surface area contributed by atoms with Crippen molar-refractivity contribution in [1.82, 2.24) is 5.43 Å². The van der Waals surface area contributed by atoms with E-state index in [1.165, 1.54) is 5.01 Å². The zero-order valence-corrected chi connectivity index (χ0v) is 13.2. The SMILES string of the molecule is Cc1cccc(N(NC(=O)c2ccc3c(c2)OCO3)C(N)=S)c1. The normalized spacial score (nSPS) is 11.9. The molecule has 3 rings (SSSR count). The smallest absolute Gasteiger partial charge is 0.270 e. The summed E-state index contributed by atoms with van der Waals surface area (Å²) >= 11 is 5.03. The Hall–Kier alpha value is -2.80. The van der Waals surface area contributed by atoms with Crippen molar-refractivity contribution < 1.29 is 14.3 Å². The molecule has 118 valence electrons. The number of hydrazine groups is 1. The molecule has 2 aromatic carbocycles. The minimum absolute atomic E-state index is 0.0460. The first-order valence-electron chi connectivity index (χ1n) is 6.91. The number of nitrogens with one attached hydrogen (secondary N) is 1. The molecule has 0 fully saturated rings. The summed E-state index contributed by atoms with van der Waals surface area (Å²) in [4.78, 5) is 12.5. The minimum atomic E-state index is -0.349. The Morgan fingerprint density at radius 3 is 2.74 bits per heavy atom. The lowest BCUT2D eigenvalue weighted by atomic mass is 10.2. The van der Waals surface area contributed by atoms with E-state index >= 15 is 0 Å². The Bertz CT molecular complexity index is 779. The molecule has 1 amide bonds. The summed E-state index contributed by atoms with van der Waals surface area (Å²) in [5.41, 5.74) is 10.6. The third kappa shape index (κ3) is 3.19. The summed E-state index contributed by atoms with van der Waals surface area (Å²) in [5.74, 6) is 0.805. The first kappa shape index (κ1) is 15.1. The molecule has 0 atom stereocenters. The number of aryl methyl sites for hydroxylation is 1. The summed E-state index contributed by atoms with van der Waals surface area (Å²) in [5, 5.41) is 1.42. The third-order valence-corrected chi connectivity index (χ3v) is 3.51. The number of nitrogens with two attached hydrogens (primary N) is 1. The Morgan fingerprint density at radius 2 is 2.00 bits per heavy atom. The van der Waals surface area contributed by atoms with Gasteiger partial charge < -0.3 is 15.2 Å². The molecule has 0 spiro atoms. The van der Waals surface area contributed by atoms with Gasteiger partial charge in [-0.3, -0.25) is 10.2 Å². The topological polar surface area (TPSA) is 76.8 Å². The standard InChI is InChI=1S/C16H15N3O3S/c1-10-3-2-4-12(7-10)19(16(17)23)18-15(20)11-5-6-13-14(8-11)22-9-21-13/h2-8H,9H2,1H3,(H2,17,23)(H,18,20). The number of amides is 1. The van der Waals surface area contributed by atoms with Gasteiger partial charge in [-0.2, -0.15) is 0 Å². The molecule has 0 bridgehead atoms. The van der Waals surface area contributed by atoms with Crippen molar-refractivity contribution in [3.8, 4) is 11.5 Å². The molecular formula is C16H15N3O3S. The molecule has 0 radical (unpaired) electrons. The second-order valence-corrected chi connectivity index (χ2v) is 5.44. The highest BCUT2D eigenvalue weighted by Gasteiger charge is 2.19. The van der Waals surface area contributed by atoms with Gasteiger partial charge in [0, 0.05) is 5.56 Å². The summed E-state index contributed by atoms with van der Waals surface area (Å²) < 4.78 is 10.5. The highest BCUT2D eigenvalue weighted by atomic mass is 32.1. The number of carbonyl (C=O) groups is 1. The van der Waals surface area contributed by atoms with Crippen LogP contribution in [0.3, 0.4) is 0 Å². The maximum Gasteiger partial charge on any atom is 0.270 e. The minimum Gasteiger partial charge on any atom is -0.454 e. The number of benzene rings is 2. The van der Waals surface area contributed by atoms with Gasteiger partial charge in [0.2, 0.25) is 6.79 Å². The fourth-order valence-corrected chi connectivity index (χ4v) is 2.37. The van der Waals surface area contributed by atoms with Crippen molar-refractivity contribution in [2.24, 2.45) is 5.73 Å². The van der Waals surface area contributed by atoms with Crippen LogP contribution in [0.5, 0.6) is 11.5 Å².